The highest BCUT2D eigenvalue weighted by Gasteiger charge is 2.32. The van der Waals surface area contributed by atoms with Crippen LogP contribution in [0.3, 0.4) is 0 Å². The van der Waals surface area contributed by atoms with Gasteiger partial charge in [0.1, 0.15) is 5.78 Å². The molecule has 0 aliphatic carbocycles. The van der Waals surface area contributed by atoms with Gasteiger partial charge in [0, 0.05) is 17.3 Å². The van der Waals surface area contributed by atoms with E-state index in [9.17, 15) is 4.79 Å². The lowest BCUT2D eigenvalue weighted by molar-refractivity contribution is -0.122. The number of likely N-dealkylation sites (N-methyl/N-ethyl adjacent to an activating group) is 1. The standard InChI is InChI=1S/C12H17NO2S/c1-2-13-11-8-15-7-10(11)12(14)6-9-4-3-5-16-9/h3-5,10-11,13H,2,6-8H2,1H3. The van der Waals surface area contributed by atoms with Crippen molar-refractivity contribution in [1.82, 2.24) is 5.32 Å². The average molecular weight is 239 g/mol. The Morgan fingerprint density at radius 2 is 2.50 bits per heavy atom. The first-order valence-electron chi connectivity index (χ1n) is 5.67. The summed E-state index contributed by atoms with van der Waals surface area (Å²) in [7, 11) is 0. The van der Waals surface area contributed by atoms with Crippen molar-refractivity contribution in [3.05, 3.63) is 22.4 Å². The molecule has 1 N–H and O–H groups in total. The number of Topliss-reactive ketones (excluding diaryl/α,β-unsaturated/α-hetero) is 1. The molecule has 1 fully saturated rings. The van der Waals surface area contributed by atoms with E-state index in [0.29, 0.717) is 25.4 Å². The van der Waals surface area contributed by atoms with Crippen molar-refractivity contribution in [2.45, 2.75) is 19.4 Å². The van der Waals surface area contributed by atoms with E-state index in [1.54, 1.807) is 11.3 Å². The van der Waals surface area contributed by atoms with Crippen molar-refractivity contribution in [3.63, 3.8) is 0 Å². The summed E-state index contributed by atoms with van der Waals surface area (Å²) in [6, 6.07) is 4.21. The lowest BCUT2D eigenvalue weighted by Crippen LogP contribution is -2.39. The maximum Gasteiger partial charge on any atom is 0.145 e. The maximum atomic E-state index is 12.1. The normalized spacial score (nSPS) is 24.8. The molecule has 0 radical (unpaired) electrons. The Morgan fingerprint density at radius 3 is 3.19 bits per heavy atom. The van der Waals surface area contributed by atoms with Gasteiger partial charge in [-0.25, -0.2) is 0 Å². The van der Waals surface area contributed by atoms with Crippen molar-refractivity contribution < 1.29 is 9.53 Å². The zero-order valence-electron chi connectivity index (χ0n) is 9.44. The minimum atomic E-state index is 0.0297. The molecule has 2 rings (SSSR count). The summed E-state index contributed by atoms with van der Waals surface area (Å²) >= 11 is 1.64. The monoisotopic (exact) mass is 239 g/mol. The number of carbonyl (C=O) groups is 1. The van der Waals surface area contributed by atoms with Gasteiger partial charge in [-0.1, -0.05) is 13.0 Å². The number of ether oxygens (including phenoxy) is 1. The van der Waals surface area contributed by atoms with Crippen molar-refractivity contribution in [2.75, 3.05) is 19.8 Å². The van der Waals surface area contributed by atoms with Gasteiger partial charge in [-0.05, 0) is 18.0 Å². The van der Waals surface area contributed by atoms with Crippen LogP contribution in [0.4, 0.5) is 0 Å². The van der Waals surface area contributed by atoms with Crippen LogP contribution in [-0.4, -0.2) is 31.6 Å². The molecular weight excluding hydrogens is 222 g/mol. The van der Waals surface area contributed by atoms with Crippen LogP contribution >= 0.6 is 11.3 Å². The third-order valence-electron chi connectivity index (χ3n) is 2.89. The molecule has 0 saturated carbocycles. The second-order valence-electron chi connectivity index (χ2n) is 4.03. The topological polar surface area (TPSA) is 38.3 Å². The highest BCUT2D eigenvalue weighted by Crippen LogP contribution is 2.19. The molecule has 1 saturated heterocycles. The highest BCUT2D eigenvalue weighted by molar-refractivity contribution is 7.10. The lowest BCUT2D eigenvalue weighted by atomic mass is 9.96. The lowest BCUT2D eigenvalue weighted by Gasteiger charge is -2.16. The maximum absolute atomic E-state index is 12.1. The Hall–Kier alpha value is -0.710. The van der Waals surface area contributed by atoms with Gasteiger partial charge in [0.25, 0.3) is 0 Å². The van der Waals surface area contributed by atoms with Crippen LogP contribution in [0.15, 0.2) is 17.5 Å². The van der Waals surface area contributed by atoms with E-state index in [-0.39, 0.29) is 12.0 Å². The minimum absolute atomic E-state index is 0.0297. The number of nitrogens with one attached hydrogen (secondary N) is 1. The zero-order chi connectivity index (χ0) is 11.4. The fourth-order valence-electron chi connectivity index (χ4n) is 2.05. The zero-order valence-corrected chi connectivity index (χ0v) is 10.3. The van der Waals surface area contributed by atoms with Crippen LogP contribution < -0.4 is 5.32 Å². The summed E-state index contributed by atoms with van der Waals surface area (Å²) in [4.78, 5) is 13.2. The summed E-state index contributed by atoms with van der Waals surface area (Å²) in [6.45, 7) is 4.17. The van der Waals surface area contributed by atoms with Crippen LogP contribution in [0.5, 0.6) is 0 Å². The third kappa shape index (κ3) is 2.70. The van der Waals surface area contributed by atoms with Gasteiger partial charge in [0.05, 0.1) is 19.1 Å². The van der Waals surface area contributed by atoms with Crippen LogP contribution in [-0.2, 0) is 16.0 Å². The molecule has 1 aromatic rings. The molecule has 1 aliphatic rings. The fourth-order valence-corrected chi connectivity index (χ4v) is 2.77. The smallest absolute Gasteiger partial charge is 0.145 e. The molecule has 2 unspecified atom stereocenters. The number of ketones is 1. The van der Waals surface area contributed by atoms with E-state index >= 15 is 0 Å². The fraction of sp³-hybridized carbons (Fsp3) is 0.583. The Kier molecular flexibility index (Phi) is 4.09. The molecule has 1 aliphatic heterocycles. The Balaban J connectivity index is 1.93. The van der Waals surface area contributed by atoms with Gasteiger partial charge in [0.2, 0.25) is 0 Å². The number of thiophene rings is 1. The van der Waals surface area contributed by atoms with Gasteiger partial charge >= 0.3 is 0 Å². The molecule has 4 heteroatoms. The summed E-state index contributed by atoms with van der Waals surface area (Å²) in [5.74, 6) is 0.327. The molecule has 88 valence electrons. The van der Waals surface area contributed by atoms with Crippen LogP contribution in [0.25, 0.3) is 0 Å². The van der Waals surface area contributed by atoms with Crippen molar-refractivity contribution >= 4 is 17.1 Å². The Morgan fingerprint density at radius 1 is 1.62 bits per heavy atom. The first-order valence-corrected chi connectivity index (χ1v) is 6.55. The number of carbonyl (C=O) groups excluding carboxylic acids is 1. The van der Waals surface area contributed by atoms with E-state index in [1.165, 1.54) is 0 Å². The van der Waals surface area contributed by atoms with Crippen molar-refractivity contribution in [2.24, 2.45) is 5.92 Å². The molecule has 16 heavy (non-hydrogen) atoms. The van der Waals surface area contributed by atoms with E-state index in [1.807, 2.05) is 17.5 Å². The average Bonchev–Trinajstić information content (AvgIpc) is 2.89. The quantitative estimate of drug-likeness (QED) is 0.846. The van der Waals surface area contributed by atoms with Crippen LogP contribution in [0.1, 0.15) is 11.8 Å². The van der Waals surface area contributed by atoms with Crippen LogP contribution in [0, 0.1) is 5.92 Å². The molecule has 0 bridgehead atoms. The molecule has 1 aromatic heterocycles. The van der Waals surface area contributed by atoms with Gasteiger partial charge in [0.15, 0.2) is 0 Å². The summed E-state index contributed by atoms with van der Waals surface area (Å²) in [6.07, 6.45) is 0.549. The van der Waals surface area contributed by atoms with Crippen molar-refractivity contribution in [3.8, 4) is 0 Å². The van der Waals surface area contributed by atoms with Gasteiger partial charge in [-0.15, -0.1) is 11.3 Å². The summed E-state index contributed by atoms with van der Waals surface area (Å²) in [5.41, 5.74) is 0. The SMILES string of the molecule is CCNC1COCC1C(=O)Cc1cccs1. The number of hydrogen-bond donors (Lipinski definition) is 1. The molecular formula is C12H17NO2S. The van der Waals surface area contributed by atoms with Crippen LogP contribution in [0.2, 0.25) is 0 Å². The molecule has 0 aromatic carbocycles. The second-order valence-corrected chi connectivity index (χ2v) is 5.06. The Labute approximate surface area is 99.8 Å². The molecule has 0 amide bonds. The first kappa shape index (κ1) is 11.8. The molecule has 3 nitrogen and oxygen atoms in total. The van der Waals surface area contributed by atoms with E-state index in [2.05, 4.69) is 12.2 Å². The van der Waals surface area contributed by atoms with E-state index in [4.69, 9.17) is 4.74 Å². The van der Waals surface area contributed by atoms with Gasteiger partial charge in [-0.2, -0.15) is 0 Å². The predicted octanol–water partition coefficient (Wildman–Crippen LogP) is 1.48. The molecule has 2 atom stereocenters. The number of hydrogen-bond acceptors (Lipinski definition) is 4. The molecule has 2 heterocycles. The van der Waals surface area contributed by atoms with Gasteiger partial charge in [-0.3, -0.25) is 4.79 Å². The number of rotatable bonds is 5. The summed E-state index contributed by atoms with van der Waals surface area (Å²) in [5, 5.41) is 5.32. The minimum Gasteiger partial charge on any atom is -0.379 e. The Bertz CT molecular complexity index is 337. The van der Waals surface area contributed by atoms with Gasteiger partial charge < -0.3 is 10.1 Å². The van der Waals surface area contributed by atoms with Crippen molar-refractivity contribution in [1.29, 1.82) is 0 Å². The summed E-state index contributed by atoms with van der Waals surface area (Å²) < 4.78 is 5.38. The van der Waals surface area contributed by atoms with E-state index in [0.717, 1.165) is 11.4 Å². The first-order chi connectivity index (χ1) is 7.81. The highest BCUT2D eigenvalue weighted by atomic mass is 32.1. The van der Waals surface area contributed by atoms with E-state index < -0.39 is 0 Å². The third-order valence-corrected chi connectivity index (χ3v) is 3.77. The second kappa shape index (κ2) is 5.57. The molecule has 0 spiro atoms. The largest absolute Gasteiger partial charge is 0.379 e. The predicted molar refractivity (Wildman–Crippen MR) is 64.8 cm³/mol.